The third-order valence-electron chi connectivity index (χ3n) is 5.21. The first-order valence-electron chi connectivity index (χ1n) is 10.6. The summed E-state index contributed by atoms with van der Waals surface area (Å²) in [6, 6.07) is 11.4. The molecule has 1 atom stereocenters. The number of ether oxygens (including phenoxy) is 3. The minimum atomic E-state index is -0.749. The lowest BCUT2D eigenvalue weighted by Crippen LogP contribution is -2.30. The molecular weight excluding hydrogens is 410 g/mol. The van der Waals surface area contributed by atoms with Gasteiger partial charge in [0.2, 0.25) is 0 Å². The van der Waals surface area contributed by atoms with Gasteiger partial charge in [0.25, 0.3) is 11.7 Å². The number of carbonyl (C=O) groups excluding carboxylic acids is 2. The van der Waals surface area contributed by atoms with Gasteiger partial charge < -0.3 is 24.2 Å². The molecule has 2 aromatic carbocycles. The summed E-state index contributed by atoms with van der Waals surface area (Å²) in [5, 5.41) is 11.3. The van der Waals surface area contributed by atoms with Crippen molar-refractivity contribution in [2.24, 2.45) is 0 Å². The van der Waals surface area contributed by atoms with Gasteiger partial charge in [0, 0.05) is 6.54 Å². The molecule has 1 heterocycles. The maximum atomic E-state index is 13.1. The molecule has 1 N–H and O–H groups in total. The molecule has 170 valence electrons. The van der Waals surface area contributed by atoms with Crippen molar-refractivity contribution in [3.05, 3.63) is 59.2 Å². The summed E-state index contributed by atoms with van der Waals surface area (Å²) < 4.78 is 16.5. The summed E-state index contributed by atoms with van der Waals surface area (Å²) >= 11 is 0. The van der Waals surface area contributed by atoms with Crippen LogP contribution in [0.2, 0.25) is 0 Å². The van der Waals surface area contributed by atoms with E-state index in [0.29, 0.717) is 35.8 Å². The summed E-state index contributed by atoms with van der Waals surface area (Å²) in [5.74, 6) is -0.215. The minimum absolute atomic E-state index is 0.0108. The van der Waals surface area contributed by atoms with Gasteiger partial charge in [0.1, 0.15) is 23.0 Å². The number of carbonyl (C=O) groups is 2. The fourth-order valence-corrected chi connectivity index (χ4v) is 3.87. The van der Waals surface area contributed by atoms with E-state index in [-0.39, 0.29) is 23.0 Å². The van der Waals surface area contributed by atoms with Crippen molar-refractivity contribution >= 4 is 17.4 Å². The molecule has 0 aliphatic carbocycles. The number of methoxy groups -OCH3 is 2. The molecule has 0 aromatic heterocycles. The van der Waals surface area contributed by atoms with Crippen LogP contribution in [0.25, 0.3) is 5.76 Å². The molecule has 1 saturated heterocycles. The summed E-state index contributed by atoms with van der Waals surface area (Å²) in [6.07, 6.45) is 0.627. The molecule has 32 heavy (non-hydrogen) atoms. The van der Waals surface area contributed by atoms with Crippen LogP contribution < -0.4 is 14.2 Å². The number of amides is 1. The van der Waals surface area contributed by atoms with Crippen molar-refractivity contribution in [2.75, 3.05) is 20.8 Å². The highest BCUT2D eigenvalue weighted by Gasteiger charge is 2.46. The van der Waals surface area contributed by atoms with Gasteiger partial charge in [0.15, 0.2) is 0 Å². The average molecular weight is 440 g/mol. The van der Waals surface area contributed by atoms with Crippen LogP contribution in [-0.2, 0) is 9.59 Å². The van der Waals surface area contributed by atoms with E-state index in [2.05, 4.69) is 0 Å². The number of aliphatic hydroxyl groups is 1. The molecule has 0 saturated carbocycles. The number of benzene rings is 2. The SMILES string of the molecule is CCCN1C(=O)C(=O)/C(=C(/O)c2cc(OC)ccc2OC)C1c1cccc(OC(C)C)c1. The Balaban J connectivity index is 2.22. The summed E-state index contributed by atoms with van der Waals surface area (Å²) in [4.78, 5) is 27.5. The Morgan fingerprint density at radius 2 is 1.81 bits per heavy atom. The second-order valence-electron chi connectivity index (χ2n) is 7.80. The van der Waals surface area contributed by atoms with Gasteiger partial charge in [-0.3, -0.25) is 9.59 Å². The Bertz CT molecular complexity index is 1040. The van der Waals surface area contributed by atoms with Crippen molar-refractivity contribution < 1.29 is 28.9 Å². The van der Waals surface area contributed by atoms with E-state index in [4.69, 9.17) is 14.2 Å². The van der Waals surface area contributed by atoms with Crippen LogP contribution in [0.1, 0.15) is 44.4 Å². The molecule has 0 spiro atoms. The van der Waals surface area contributed by atoms with Crippen LogP contribution in [0.15, 0.2) is 48.0 Å². The van der Waals surface area contributed by atoms with Crippen LogP contribution in [0, 0.1) is 0 Å². The highest BCUT2D eigenvalue weighted by molar-refractivity contribution is 6.46. The molecule has 0 bridgehead atoms. The fraction of sp³-hybridized carbons (Fsp3) is 0.360. The topological polar surface area (TPSA) is 85.3 Å². The van der Waals surface area contributed by atoms with E-state index in [1.807, 2.05) is 39.0 Å². The molecule has 7 nitrogen and oxygen atoms in total. The second-order valence-corrected chi connectivity index (χ2v) is 7.80. The van der Waals surface area contributed by atoms with Crippen LogP contribution in [0.5, 0.6) is 17.2 Å². The van der Waals surface area contributed by atoms with Gasteiger partial charge in [-0.25, -0.2) is 0 Å². The third-order valence-corrected chi connectivity index (χ3v) is 5.21. The van der Waals surface area contributed by atoms with Crippen molar-refractivity contribution in [3.63, 3.8) is 0 Å². The zero-order valence-corrected chi connectivity index (χ0v) is 19.0. The molecule has 1 unspecified atom stereocenters. The Hall–Kier alpha value is -3.48. The molecule has 1 aliphatic heterocycles. The Morgan fingerprint density at radius 3 is 2.44 bits per heavy atom. The zero-order chi connectivity index (χ0) is 23.4. The predicted octanol–water partition coefficient (Wildman–Crippen LogP) is 4.32. The molecule has 3 rings (SSSR count). The highest BCUT2D eigenvalue weighted by atomic mass is 16.5. The zero-order valence-electron chi connectivity index (χ0n) is 19.0. The first-order valence-corrected chi connectivity index (χ1v) is 10.6. The molecule has 1 amide bonds. The van der Waals surface area contributed by atoms with E-state index >= 15 is 0 Å². The summed E-state index contributed by atoms with van der Waals surface area (Å²) in [5.41, 5.74) is 0.969. The van der Waals surface area contributed by atoms with Crippen molar-refractivity contribution in [1.29, 1.82) is 0 Å². The van der Waals surface area contributed by atoms with Crippen LogP contribution in [0.4, 0.5) is 0 Å². The summed E-state index contributed by atoms with van der Waals surface area (Å²) in [6.45, 7) is 6.14. The van der Waals surface area contributed by atoms with Gasteiger partial charge >= 0.3 is 0 Å². The number of aliphatic hydroxyl groups excluding tert-OH is 1. The highest BCUT2D eigenvalue weighted by Crippen LogP contribution is 2.42. The first-order chi connectivity index (χ1) is 15.3. The average Bonchev–Trinajstić information content (AvgIpc) is 3.03. The molecule has 7 heteroatoms. The van der Waals surface area contributed by atoms with E-state index in [0.717, 1.165) is 0 Å². The van der Waals surface area contributed by atoms with Gasteiger partial charge in [-0.2, -0.15) is 0 Å². The maximum absolute atomic E-state index is 13.1. The fourth-order valence-electron chi connectivity index (χ4n) is 3.87. The lowest BCUT2D eigenvalue weighted by molar-refractivity contribution is -0.139. The quantitative estimate of drug-likeness (QED) is 0.375. The van der Waals surface area contributed by atoms with Gasteiger partial charge in [-0.05, 0) is 56.2 Å². The number of ketones is 1. The van der Waals surface area contributed by atoms with Gasteiger partial charge in [0.05, 0.1) is 37.5 Å². The van der Waals surface area contributed by atoms with Crippen LogP contribution >= 0.6 is 0 Å². The number of hydrogen-bond donors (Lipinski definition) is 1. The minimum Gasteiger partial charge on any atom is -0.507 e. The molecule has 1 aliphatic rings. The predicted molar refractivity (Wildman–Crippen MR) is 121 cm³/mol. The monoisotopic (exact) mass is 439 g/mol. The molecular formula is C25H29NO6. The Morgan fingerprint density at radius 1 is 1.06 bits per heavy atom. The maximum Gasteiger partial charge on any atom is 0.295 e. The van der Waals surface area contributed by atoms with E-state index < -0.39 is 17.7 Å². The summed E-state index contributed by atoms with van der Waals surface area (Å²) in [7, 11) is 2.98. The standard InChI is InChI=1S/C25H29NO6/c1-6-12-26-22(16-8-7-9-18(13-16)32-15(2)3)21(24(28)25(26)29)23(27)19-14-17(30-4)10-11-20(19)31-5/h7-11,13-15,22,27H,6,12H2,1-5H3/b23-21+. The number of likely N-dealkylation sites (tertiary alicyclic amines) is 1. The van der Waals surface area contributed by atoms with E-state index in [1.165, 1.54) is 19.1 Å². The van der Waals surface area contributed by atoms with Gasteiger partial charge in [-0.1, -0.05) is 19.1 Å². The molecule has 0 radical (unpaired) electrons. The van der Waals surface area contributed by atoms with Crippen molar-refractivity contribution in [3.8, 4) is 17.2 Å². The van der Waals surface area contributed by atoms with Crippen LogP contribution in [0.3, 0.4) is 0 Å². The number of Topliss-reactive ketones (excluding diaryl/α,β-unsaturated/α-hetero) is 1. The van der Waals surface area contributed by atoms with Crippen molar-refractivity contribution in [2.45, 2.75) is 39.3 Å². The number of rotatable bonds is 8. The third kappa shape index (κ3) is 4.42. The van der Waals surface area contributed by atoms with E-state index in [9.17, 15) is 14.7 Å². The molecule has 1 fully saturated rings. The first kappa shape index (κ1) is 23.2. The Kier molecular flexibility index (Phi) is 7.08. The van der Waals surface area contributed by atoms with Crippen molar-refractivity contribution in [1.82, 2.24) is 4.90 Å². The number of nitrogens with zero attached hydrogens (tertiary/aromatic N) is 1. The largest absolute Gasteiger partial charge is 0.507 e. The lowest BCUT2D eigenvalue weighted by atomic mass is 9.94. The Labute approximate surface area is 188 Å². The normalized spacial score (nSPS) is 17.7. The second kappa shape index (κ2) is 9.77. The smallest absolute Gasteiger partial charge is 0.295 e. The van der Waals surface area contributed by atoms with E-state index in [1.54, 1.807) is 24.3 Å². The lowest BCUT2D eigenvalue weighted by Gasteiger charge is -2.25. The van der Waals surface area contributed by atoms with Crippen LogP contribution in [-0.4, -0.2) is 48.6 Å². The van der Waals surface area contributed by atoms with Gasteiger partial charge in [-0.15, -0.1) is 0 Å². The molecule has 2 aromatic rings. The number of hydrogen-bond acceptors (Lipinski definition) is 6.